The van der Waals surface area contributed by atoms with Crippen LogP contribution >= 0.6 is 11.6 Å². The first-order chi connectivity index (χ1) is 10.9. The van der Waals surface area contributed by atoms with Gasteiger partial charge in [-0.1, -0.05) is 18.5 Å². The number of nitro groups is 1. The van der Waals surface area contributed by atoms with Crippen molar-refractivity contribution in [3.63, 3.8) is 0 Å². The van der Waals surface area contributed by atoms with Crippen LogP contribution in [0.2, 0.25) is 5.02 Å². The standard InChI is InChI=1S/C15H20ClN3O4/c1-3-17-6-8-18(9-7-17)15(20)11(2)23-14-5-4-12(19(21)22)10-13(14)16/h4-5,10-11H,3,6-9H2,1-2H3/t11-/m1/s1. The summed E-state index contributed by atoms with van der Waals surface area (Å²) in [5.41, 5.74) is -0.114. The molecule has 1 amide bonds. The minimum atomic E-state index is -0.692. The summed E-state index contributed by atoms with van der Waals surface area (Å²) in [6.07, 6.45) is -0.692. The molecule has 1 aromatic rings. The van der Waals surface area contributed by atoms with Gasteiger partial charge < -0.3 is 14.5 Å². The number of halogens is 1. The van der Waals surface area contributed by atoms with Crippen LogP contribution in [0.1, 0.15) is 13.8 Å². The molecule has 2 rings (SSSR count). The molecule has 8 heteroatoms. The van der Waals surface area contributed by atoms with E-state index in [1.807, 2.05) is 0 Å². The van der Waals surface area contributed by atoms with Crippen molar-refractivity contribution >= 4 is 23.2 Å². The first kappa shape index (κ1) is 17.5. The van der Waals surface area contributed by atoms with Gasteiger partial charge in [-0.2, -0.15) is 0 Å². The number of nitro benzene ring substituents is 1. The zero-order valence-corrected chi connectivity index (χ0v) is 14.0. The maximum atomic E-state index is 12.4. The summed E-state index contributed by atoms with van der Waals surface area (Å²) < 4.78 is 5.59. The lowest BCUT2D eigenvalue weighted by Gasteiger charge is -2.35. The monoisotopic (exact) mass is 341 g/mol. The van der Waals surface area contributed by atoms with Gasteiger partial charge >= 0.3 is 0 Å². The number of benzene rings is 1. The van der Waals surface area contributed by atoms with Gasteiger partial charge in [0.2, 0.25) is 0 Å². The maximum absolute atomic E-state index is 12.4. The second-order valence-electron chi connectivity index (χ2n) is 5.39. The molecule has 126 valence electrons. The van der Waals surface area contributed by atoms with Crippen LogP contribution in [0.25, 0.3) is 0 Å². The van der Waals surface area contributed by atoms with Crippen LogP contribution in [0.4, 0.5) is 5.69 Å². The number of hydrogen-bond acceptors (Lipinski definition) is 5. The molecule has 0 N–H and O–H groups in total. The Kier molecular flexibility index (Phi) is 5.79. The third kappa shape index (κ3) is 4.33. The van der Waals surface area contributed by atoms with E-state index in [0.717, 1.165) is 19.6 Å². The van der Waals surface area contributed by atoms with Crippen molar-refractivity contribution in [3.05, 3.63) is 33.3 Å². The highest BCUT2D eigenvalue weighted by molar-refractivity contribution is 6.32. The van der Waals surface area contributed by atoms with E-state index in [1.54, 1.807) is 11.8 Å². The SMILES string of the molecule is CCN1CCN(C(=O)[C@@H](C)Oc2ccc([N+](=O)[O-])cc2Cl)CC1. The fourth-order valence-electron chi connectivity index (χ4n) is 2.48. The van der Waals surface area contributed by atoms with Crippen LogP contribution in [-0.4, -0.2) is 59.5 Å². The summed E-state index contributed by atoms with van der Waals surface area (Å²) >= 11 is 5.98. The number of ether oxygens (including phenoxy) is 1. The molecule has 7 nitrogen and oxygen atoms in total. The number of carbonyl (C=O) groups is 1. The second-order valence-corrected chi connectivity index (χ2v) is 5.80. The van der Waals surface area contributed by atoms with Gasteiger partial charge in [0.15, 0.2) is 6.10 Å². The van der Waals surface area contributed by atoms with Crippen molar-refractivity contribution in [2.75, 3.05) is 32.7 Å². The van der Waals surface area contributed by atoms with Gasteiger partial charge in [0.05, 0.1) is 9.95 Å². The molecule has 1 atom stereocenters. The molecule has 0 unspecified atom stereocenters. The molecule has 1 aromatic carbocycles. The van der Waals surface area contributed by atoms with E-state index in [4.69, 9.17) is 16.3 Å². The van der Waals surface area contributed by atoms with Crippen molar-refractivity contribution in [3.8, 4) is 5.75 Å². The van der Waals surface area contributed by atoms with Crippen LogP contribution in [0.15, 0.2) is 18.2 Å². The minimum Gasteiger partial charge on any atom is -0.479 e. The van der Waals surface area contributed by atoms with Crippen LogP contribution in [0.5, 0.6) is 5.75 Å². The molecule has 23 heavy (non-hydrogen) atoms. The van der Waals surface area contributed by atoms with E-state index in [-0.39, 0.29) is 22.4 Å². The summed E-state index contributed by atoms with van der Waals surface area (Å²) in [5.74, 6) is 0.167. The number of non-ortho nitro benzene ring substituents is 1. The van der Waals surface area contributed by atoms with E-state index in [0.29, 0.717) is 13.1 Å². The van der Waals surface area contributed by atoms with Gasteiger partial charge in [-0.05, 0) is 19.5 Å². The summed E-state index contributed by atoms with van der Waals surface area (Å²) in [6, 6.07) is 3.94. The first-order valence-corrected chi connectivity index (χ1v) is 7.92. The van der Waals surface area contributed by atoms with Gasteiger partial charge in [0.1, 0.15) is 5.75 Å². The number of likely N-dealkylation sites (N-methyl/N-ethyl adjacent to an activating group) is 1. The van der Waals surface area contributed by atoms with Gasteiger partial charge in [-0.25, -0.2) is 0 Å². The molecule has 1 aliphatic rings. The van der Waals surface area contributed by atoms with Gasteiger partial charge in [0, 0.05) is 38.3 Å². The Morgan fingerprint density at radius 1 is 1.39 bits per heavy atom. The third-order valence-electron chi connectivity index (χ3n) is 3.91. The van der Waals surface area contributed by atoms with E-state index >= 15 is 0 Å². The fourth-order valence-corrected chi connectivity index (χ4v) is 2.70. The zero-order chi connectivity index (χ0) is 17.0. The predicted molar refractivity (Wildman–Crippen MR) is 86.9 cm³/mol. The molecule has 1 heterocycles. The lowest BCUT2D eigenvalue weighted by molar-refractivity contribution is -0.384. The van der Waals surface area contributed by atoms with E-state index in [9.17, 15) is 14.9 Å². The highest BCUT2D eigenvalue weighted by Crippen LogP contribution is 2.29. The molecular formula is C15H20ClN3O4. The van der Waals surface area contributed by atoms with Gasteiger partial charge in [0.25, 0.3) is 11.6 Å². The molecule has 1 aliphatic heterocycles. The number of piperazine rings is 1. The highest BCUT2D eigenvalue weighted by atomic mass is 35.5. The zero-order valence-electron chi connectivity index (χ0n) is 13.2. The number of hydrogen-bond donors (Lipinski definition) is 0. The van der Waals surface area contributed by atoms with E-state index in [1.165, 1.54) is 18.2 Å². The Bertz CT molecular complexity index is 588. The summed E-state index contributed by atoms with van der Waals surface area (Å²) in [5, 5.41) is 10.8. The van der Waals surface area contributed by atoms with Gasteiger partial charge in [-0.15, -0.1) is 0 Å². The number of carbonyl (C=O) groups excluding carboxylic acids is 1. The Morgan fingerprint density at radius 2 is 2.04 bits per heavy atom. The van der Waals surface area contributed by atoms with Crippen molar-refractivity contribution in [1.29, 1.82) is 0 Å². The van der Waals surface area contributed by atoms with Crippen LogP contribution < -0.4 is 4.74 Å². The molecule has 1 saturated heterocycles. The highest BCUT2D eigenvalue weighted by Gasteiger charge is 2.26. The van der Waals surface area contributed by atoms with Crippen LogP contribution in [0.3, 0.4) is 0 Å². The normalized spacial score (nSPS) is 16.9. The molecule has 1 fully saturated rings. The van der Waals surface area contributed by atoms with Crippen molar-refractivity contribution in [2.45, 2.75) is 20.0 Å². The average molecular weight is 342 g/mol. The Hall–Kier alpha value is -1.86. The van der Waals surface area contributed by atoms with Gasteiger partial charge in [-0.3, -0.25) is 14.9 Å². The fraction of sp³-hybridized carbons (Fsp3) is 0.533. The average Bonchev–Trinajstić information content (AvgIpc) is 2.55. The Balaban J connectivity index is 1.97. The largest absolute Gasteiger partial charge is 0.479 e. The number of amides is 1. The lowest BCUT2D eigenvalue weighted by Crippen LogP contribution is -2.51. The number of nitrogens with zero attached hydrogens (tertiary/aromatic N) is 3. The Morgan fingerprint density at radius 3 is 2.57 bits per heavy atom. The summed E-state index contributed by atoms with van der Waals surface area (Å²) in [4.78, 5) is 26.6. The molecule has 0 bridgehead atoms. The first-order valence-electron chi connectivity index (χ1n) is 7.54. The quantitative estimate of drug-likeness (QED) is 0.606. The van der Waals surface area contributed by atoms with E-state index in [2.05, 4.69) is 11.8 Å². The van der Waals surface area contributed by atoms with Crippen molar-refractivity contribution < 1.29 is 14.5 Å². The molecule has 0 aromatic heterocycles. The predicted octanol–water partition coefficient (Wildman–Crippen LogP) is 2.18. The molecule has 0 saturated carbocycles. The molecule has 0 radical (unpaired) electrons. The smallest absolute Gasteiger partial charge is 0.271 e. The second kappa shape index (κ2) is 7.61. The maximum Gasteiger partial charge on any atom is 0.271 e. The third-order valence-corrected chi connectivity index (χ3v) is 4.20. The minimum absolute atomic E-state index is 0.102. The Labute approximate surface area is 139 Å². The lowest BCUT2D eigenvalue weighted by atomic mass is 10.2. The van der Waals surface area contributed by atoms with Crippen LogP contribution in [-0.2, 0) is 4.79 Å². The van der Waals surface area contributed by atoms with E-state index < -0.39 is 11.0 Å². The topological polar surface area (TPSA) is 75.9 Å². The van der Waals surface area contributed by atoms with Crippen molar-refractivity contribution in [2.24, 2.45) is 0 Å². The molecule has 0 aliphatic carbocycles. The number of rotatable bonds is 5. The summed E-state index contributed by atoms with van der Waals surface area (Å²) in [6.45, 7) is 7.79. The van der Waals surface area contributed by atoms with Crippen molar-refractivity contribution in [1.82, 2.24) is 9.80 Å². The molecule has 0 spiro atoms. The van der Waals surface area contributed by atoms with Crippen LogP contribution in [0, 0.1) is 10.1 Å². The summed E-state index contributed by atoms with van der Waals surface area (Å²) in [7, 11) is 0. The molecular weight excluding hydrogens is 322 g/mol.